The first-order valence-corrected chi connectivity index (χ1v) is 10.5. The van der Waals surface area contributed by atoms with E-state index in [-0.39, 0.29) is 30.4 Å². The maximum absolute atomic E-state index is 12.3. The summed E-state index contributed by atoms with van der Waals surface area (Å²) in [6, 6.07) is 6.93. The lowest BCUT2D eigenvalue weighted by Crippen LogP contribution is -2.42. The lowest BCUT2D eigenvalue weighted by atomic mass is 10.0. The zero-order chi connectivity index (χ0) is 20.8. The van der Waals surface area contributed by atoms with Crippen molar-refractivity contribution in [3.63, 3.8) is 0 Å². The summed E-state index contributed by atoms with van der Waals surface area (Å²) in [6.45, 7) is 3.20. The second-order valence-corrected chi connectivity index (χ2v) is 8.06. The molecule has 150 valence electrons. The van der Waals surface area contributed by atoms with Crippen LogP contribution in [-0.2, 0) is 20.7 Å². The average molecular weight is 611 g/mol. The highest BCUT2D eigenvalue weighted by atomic mass is 127. The second-order valence-electron chi connectivity index (χ2n) is 5.81. The van der Waals surface area contributed by atoms with E-state index in [2.05, 4.69) is 5.32 Å². The van der Waals surface area contributed by atoms with Gasteiger partial charge in [0.05, 0.1) is 13.7 Å². The molecular weight excluding hydrogens is 592 g/mol. The molecule has 3 N–H and O–H groups in total. The Morgan fingerprint density at radius 2 is 1.82 bits per heavy atom. The molecule has 0 aliphatic heterocycles. The van der Waals surface area contributed by atoms with Crippen LogP contribution in [0.25, 0.3) is 0 Å². The topological polar surface area (TPSA) is 105 Å². The Hall–Kier alpha value is -1.76. The molecule has 0 unspecified atom stereocenters. The lowest BCUT2D eigenvalue weighted by Gasteiger charge is -2.20. The van der Waals surface area contributed by atoms with Gasteiger partial charge in [-0.25, -0.2) is 4.79 Å². The Bertz CT molecular complexity index is 870. The molecule has 1 atom stereocenters. The third kappa shape index (κ3) is 5.87. The van der Waals surface area contributed by atoms with E-state index in [9.17, 15) is 19.8 Å². The van der Waals surface area contributed by atoms with E-state index in [4.69, 9.17) is 9.47 Å². The van der Waals surface area contributed by atoms with Crippen LogP contribution in [0.15, 0.2) is 30.3 Å². The zero-order valence-electron chi connectivity index (χ0n) is 15.2. The Balaban J connectivity index is 2.44. The largest absolute Gasteiger partial charge is 0.508 e. The highest BCUT2D eigenvalue weighted by Gasteiger charge is 2.25. The fraction of sp³-hybridized carbons (Fsp3) is 0.263. The van der Waals surface area contributed by atoms with Crippen molar-refractivity contribution in [1.82, 2.24) is 5.32 Å². The van der Waals surface area contributed by atoms with Gasteiger partial charge in [0, 0.05) is 13.3 Å². The highest BCUT2D eigenvalue weighted by molar-refractivity contribution is 14.1. The van der Waals surface area contributed by atoms with Crippen molar-refractivity contribution in [2.45, 2.75) is 26.3 Å². The van der Waals surface area contributed by atoms with Gasteiger partial charge in [0.2, 0.25) is 5.91 Å². The Kier molecular flexibility index (Phi) is 8.16. The van der Waals surface area contributed by atoms with Gasteiger partial charge in [0.1, 0.15) is 29.0 Å². The van der Waals surface area contributed by atoms with Crippen LogP contribution in [0.2, 0.25) is 0 Å². The van der Waals surface area contributed by atoms with Crippen LogP contribution in [0, 0.1) is 7.14 Å². The molecule has 0 aromatic heterocycles. The summed E-state index contributed by atoms with van der Waals surface area (Å²) in [5, 5.41) is 22.3. The quantitative estimate of drug-likeness (QED) is 0.326. The minimum absolute atomic E-state index is 0.0611. The van der Waals surface area contributed by atoms with Crippen molar-refractivity contribution >= 4 is 57.1 Å². The summed E-state index contributed by atoms with van der Waals surface area (Å²) in [6.07, 6.45) is 0.123. The molecule has 0 saturated heterocycles. The normalized spacial score (nSPS) is 11.6. The average Bonchev–Trinajstić information content (AvgIpc) is 2.64. The summed E-state index contributed by atoms with van der Waals surface area (Å²) in [4.78, 5) is 23.8. The number of benzene rings is 2. The van der Waals surface area contributed by atoms with Gasteiger partial charge in [-0.15, -0.1) is 0 Å². The SMILES string of the molecule is CCOC(=O)[C@H](Cc1cc(I)c(O)c(I)c1Oc1ccc(O)cc1)NC(C)=O. The third-order valence-corrected chi connectivity index (χ3v) is 5.48. The molecule has 0 heterocycles. The zero-order valence-corrected chi connectivity index (χ0v) is 19.5. The maximum Gasteiger partial charge on any atom is 0.328 e. The van der Waals surface area contributed by atoms with Gasteiger partial charge in [-0.1, -0.05) is 0 Å². The molecule has 2 aromatic rings. The van der Waals surface area contributed by atoms with Crippen LogP contribution in [0.4, 0.5) is 0 Å². The summed E-state index contributed by atoms with van der Waals surface area (Å²) in [7, 11) is 0. The number of hydrogen-bond acceptors (Lipinski definition) is 6. The third-order valence-electron chi connectivity index (χ3n) is 3.66. The van der Waals surface area contributed by atoms with E-state index in [1.165, 1.54) is 19.1 Å². The summed E-state index contributed by atoms with van der Waals surface area (Å²) in [5.74, 6) is 0.0638. The van der Waals surface area contributed by atoms with Gasteiger partial charge >= 0.3 is 5.97 Å². The van der Waals surface area contributed by atoms with Crippen molar-refractivity contribution in [2.75, 3.05) is 6.61 Å². The van der Waals surface area contributed by atoms with E-state index in [1.807, 2.05) is 45.2 Å². The minimum atomic E-state index is -0.893. The number of carbonyl (C=O) groups excluding carboxylic acids is 2. The van der Waals surface area contributed by atoms with Crippen LogP contribution < -0.4 is 10.1 Å². The molecule has 28 heavy (non-hydrogen) atoms. The van der Waals surface area contributed by atoms with E-state index in [0.717, 1.165) is 0 Å². The number of esters is 1. The van der Waals surface area contributed by atoms with Gasteiger partial charge in [0.25, 0.3) is 0 Å². The number of amides is 1. The van der Waals surface area contributed by atoms with Gasteiger partial charge in [-0.2, -0.15) is 0 Å². The number of hydrogen-bond donors (Lipinski definition) is 3. The smallest absolute Gasteiger partial charge is 0.328 e. The molecule has 9 heteroatoms. The van der Waals surface area contributed by atoms with Gasteiger partial charge in [-0.05, 0) is 88.0 Å². The predicted molar refractivity (Wildman–Crippen MR) is 120 cm³/mol. The fourth-order valence-corrected chi connectivity index (χ4v) is 4.34. The molecule has 0 bridgehead atoms. The molecule has 2 aromatic carbocycles. The molecular formula is C19H19I2NO6. The lowest BCUT2D eigenvalue weighted by molar-refractivity contribution is -0.147. The van der Waals surface area contributed by atoms with E-state index in [0.29, 0.717) is 24.2 Å². The monoisotopic (exact) mass is 611 g/mol. The van der Waals surface area contributed by atoms with Crippen LogP contribution in [0.1, 0.15) is 19.4 Å². The van der Waals surface area contributed by atoms with Crippen LogP contribution in [-0.4, -0.2) is 34.7 Å². The van der Waals surface area contributed by atoms with Gasteiger partial charge in [0.15, 0.2) is 0 Å². The molecule has 0 fully saturated rings. The first-order valence-electron chi connectivity index (χ1n) is 8.33. The van der Waals surface area contributed by atoms with Crippen molar-refractivity contribution in [2.24, 2.45) is 0 Å². The molecule has 0 saturated carbocycles. The van der Waals surface area contributed by atoms with Crippen molar-refractivity contribution in [3.8, 4) is 23.0 Å². The van der Waals surface area contributed by atoms with Crippen LogP contribution in [0.3, 0.4) is 0 Å². The van der Waals surface area contributed by atoms with E-state index in [1.54, 1.807) is 25.1 Å². The summed E-state index contributed by atoms with van der Waals surface area (Å²) in [5.41, 5.74) is 0.617. The standard InChI is InChI=1S/C19H19I2NO6/c1-3-27-19(26)15(22-10(2)23)9-11-8-14(20)17(25)16(21)18(11)28-13-6-4-12(24)5-7-13/h4-8,15,24-25H,3,9H2,1-2H3,(H,22,23)/t15-/m0/s1. The Labute approximate surface area is 189 Å². The molecule has 0 aliphatic rings. The summed E-state index contributed by atoms with van der Waals surface area (Å²) >= 11 is 3.95. The molecule has 0 radical (unpaired) electrons. The number of halogens is 2. The summed E-state index contributed by atoms with van der Waals surface area (Å²) < 4.78 is 12.0. The first kappa shape index (κ1) is 22.5. The van der Waals surface area contributed by atoms with Crippen molar-refractivity contribution in [3.05, 3.63) is 43.0 Å². The number of nitrogens with one attached hydrogen (secondary N) is 1. The molecule has 2 rings (SSSR count). The molecule has 0 spiro atoms. The van der Waals surface area contributed by atoms with Crippen LogP contribution >= 0.6 is 45.2 Å². The second kappa shape index (κ2) is 10.1. The Morgan fingerprint density at radius 1 is 1.18 bits per heavy atom. The van der Waals surface area contributed by atoms with E-state index >= 15 is 0 Å². The molecule has 1 amide bonds. The molecule has 7 nitrogen and oxygen atoms in total. The fourth-order valence-electron chi connectivity index (χ4n) is 2.44. The van der Waals surface area contributed by atoms with Gasteiger partial charge in [-0.3, -0.25) is 4.79 Å². The highest BCUT2D eigenvalue weighted by Crippen LogP contribution is 2.40. The van der Waals surface area contributed by atoms with Crippen molar-refractivity contribution in [1.29, 1.82) is 0 Å². The number of phenolic OH excluding ortho intramolecular Hbond substituents is 2. The van der Waals surface area contributed by atoms with Crippen LogP contribution in [0.5, 0.6) is 23.0 Å². The minimum Gasteiger partial charge on any atom is -0.508 e. The number of phenols is 2. The number of ether oxygens (including phenoxy) is 2. The molecule has 0 aliphatic carbocycles. The maximum atomic E-state index is 12.3. The Morgan fingerprint density at radius 3 is 2.39 bits per heavy atom. The van der Waals surface area contributed by atoms with Crippen molar-refractivity contribution < 1.29 is 29.3 Å². The first-order chi connectivity index (χ1) is 13.2. The number of carbonyl (C=O) groups is 2. The van der Waals surface area contributed by atoms with Gasteiger partial charge < -0.3 is 25.0 Å². The number of rotatable bonds is 7. The van der Waals surface area contributed by atoms with E-state index < -0.39 is 12.0 Å². The predicted octanol–water partition coefficient (Wildman–Crippen LogP) is 3.71. The number of aromatic hydroxyl groups is 2.